The lowest BCUT2D eigenvalue weighted by Crippen LogP contribution is -2.45. The van der Waals surface area contributed by atoms with E-state index in [1.807, 2.05) is 35.2 Å². The number of amides is 2. The maximum absolute atomic E-state index is 13.4. The Morgan fingerprint density at radius 2 is 1.83 bits per heavy atom. The molecule has 3 fully saturated rings. The zero-order valence-electron chi connectivity index (χ0n) is 20.3. The third-order valence-electron chi connectivity index (χ3n) is 8.27. The van der Waals surface area contributed by atoms with Gasteiger partial charge in [0.05, 0.1) is 17.2 Å². The lowest BCUT2D eigenvalue weighted by Gasteiger charge is -2.38. The molecule has 5 rings (SSSR count). The van der Waals surface area contributed by atoms with Gasteiger partial charge < -0.3 is 15.1 Å². The van der Waals surface area contributed by atoms with Gasteiger partial charge >= 0.3 is 0 Å². The number of halogens is 1. The molecule has 1 unspecified atom stereocenters. The summed E-state index contributed by atoms with van der Waals surface area (Å²) in [7, 11) is 0. The lowest BCUT2D eigenvalue weighted by atomic mass is 9.77. The number of rotatable bonds is 8. The summed E-state index contributed by atoms with van der Waals surface area (Å²) in [6, 6.07) is 14.1. The molecule has 2 aromatic rings. The van der Waals surface area contributed by atoms with Crippen molar-refractivity contribution in [2.24, 2.45) is 11.3 Å². The third-order valence-corrected chi connectivity index (χ3v) is 8.80. The number of carbonyl (C=O) groups excluding carboxylic acids is 2. The molecule has 1 saturated carbocycles. The van der Waals surface area contributed by atoms with E-state index in [4.69, 9.17) is 0 Å². The van der Waals surface area contributed by atoms with Gasteiger partial charge in [-0.15, -0.1) is 0 Å². The van der Waals surface area contributed by atoms with Gasteiger partial charge in [-0.3, -0.25) is 14.6 Å². The molecule has 1 N–H and O–H groups in total. The standard InChI is InChI=1S/C28H35BrN4O2/c29-23-9-7-21(8-10-23)20-33-19-14-28(27(33)35)12-17-32(18-13-28)16-11-25(24-6-1-2-15-30-24)31-26(34)22-4-3-5-22/h1-2,6-10,15,22,25H,3-5,11-14,16-20H2,(H,31,34). The molecule has 1 aromatic carbocycles. The molecule has 0 bridgehead atoms. The van der Waals surface area contributed by atoms with Crippen molar-refractivity contribution in [2.45, 2.75) is 57.5 Å². The Kier molecular flexibility index (Phi) is 7.54. The highest BCUT2D eigenvalue weighted by molar-refractivity contribution is 9.10. The second kappa shape index (κ2) is 10.8. The zero-order chi connectivity index (χ0) is 24.3. The molecule has 186 valence electrons. The quantitative estimate of drug-likeness (QED) is 0.528. The van der Waals surface area contributed by atoms with Crippen LogP contribution in [0.2, 0.25) is 0 Å². The Hall–Kier alpha value is -2.25. The van der Waals surface area contributed by atoms with E-state index in [9.17, 15) is 9.59 Å². The fourth-order valence-corrected chi connectivity index (χ4v) is 5.93. The molecule has 2 amide bonds. The van der Waals surface area contributed by atoms with Crippen molar-refractivity contribution in [3.8, 4) is 0 Å². The number of carbonyl (C=O) groups is 2. The number of nitrogens with one attached hydrogen (secondary N) is 1. The molecule has 6 nitrogen and oxygen atoms in total. The summed E-state index contributed by atoms with van der Waals surface area (Å²) in [6.45, 7) is 4.32. The molecule has 1 aliphatic carbocycles. The summed E-state index contributed by atoms with van der Waals surface area (Å²) in [6.07, 6.45) is 8.60. The average molecular weight is 540 g/mol. The number of pyridine rings is 1. The van der Waals surface area contributed by atoms with Crippen molar-refractivity contribution in [2.75, 3.05) is 26.2 Å². The molecular formula is C28H35BrN4O2. The second-order valence-corrected chi connectivity index (χ2v) is 11.4. The summed E-state index contributed by atoms with van der Waals surface area (Å²) in [5.41, 5.74) is 1.92. The first-order valence-corrected chi connectivity index (χ1v) is 13.8. The number of piperidine rings is 1. The first-order valence-electron chi connectivity index (χ1n) is 13.0. The molecule has 2 aliphatic heterocycles. The monoisotopic (exact) mass is 538 g/mol. The van der Waals surface area contributed by atoms with Crippen LogP contribution >= 0.6 is 15.9 Å². The first kappa shape index (κ1) is 24.4. The van der Waals surface area contributed by atoms with E-state index in [2.05, 4.69) is 43.3 Å². The van der Waals surface area contributed by atoms with Crippen LogP contribution in [0.15, 0.2) is 53.1 Å². The van der Waals surface area contributed by atoms with E-state index in [-0.39, 0.29) is 23.3 Å². The van der Waals surface area contributed by atoms with Crippen molar-refractivity contribution < 1.29 is 9.59 Å². The highest BCUT2D eigenvalue weighted by atomic mass is 79.9. The fourth-order valence-electron chi connectivity index (χ4n) is 5.67. The summed E-state index contributed by atoms with van der Waals surface area (Å²) in [5, 5.41) is 3.27. The van der Waals surface area contributed by atoms with Crippen LogP contribution in [-0.4, -0.2) is 52.8 Å². The van der Waals surface area contributed by atoms with Gasteiger partial charge in [-0.05, 0) is 81.4 Å². The van der Waals surface area contributed by atoms with Crippen molar-refractivity contribution >= 4 is 27.7 Å². The number of benzene rings is 1. The smallest absolute Gasteiger partial charge is 0.229 e. The number of aromatic nitrogens is 1. The van der Waals surface area contributed by atoms with Crippen molar-refractivity contribution in [1.29, 1.82) is 0 Å². The van der Waals surface area contributed by atoms with Gasteiger partial charge in [0.15, 0.2) is 0 Å². The van der Waals surface area contributed by atoms with Gasteiger partial charge in [0.25, 0.3) is 0 Å². The van der Waals surface area contributed by atoms with E-state index in [1.165, 1.54) is 5.56 Å². The number of hydrogen-bond acceptors (Lipinski definition) is 4. The van der Waals surface area contributed by atoms with Crippen molar-refractivity contribution in [1.82, 2.24) is 20.1 Å². The number of likely N-dealkylation sites (tertiary alicyclic amines) is 2. The Morgan fingerprint density at radius 3 is 2.49 bits per heavy atom. The fraction of sp³-hybridized carbons (Fsp3) is 0.536. The van der Waals surface area contributed by atoms with E-state index >= 15 is 0 Å². The Bertz CT molecular complexity index is 1020. The van der Waals surface area contributed by atoms with E-state index in [0.717, 1.165) is 81.3 Å². The van der Waals surface area contributed by atoms with Crippen LogP contribution in [0, 0.1) is 11.3 Å². The minimum atomic E-state index is -0.190. The predicted octanol–water partition coefficient (Wildman–Crippen LogP) is 4.71. The Morgan fingerprint density at radius 1 is 1.09 bits per heavy atom. The summed E-state index contributed by atoms with van der Waals surface area (Å²) in [4.78, 5) is 35.1. The number of hydrogen-bond donors (Lipinski definition) is 1. The van der Waals surface area contributed by atoms with Gasteiger partial charge in [0.2, 0.25) is 11.8 Å². The summed E-state index contributed by atoms with van der Waals surface area (Å²) < 4.78 is 1.06. The molecule has 3 aliphatic rings. The second-order valence-electron chi connectivity index (χ2n) is 10.5. The van der Waals surface area contributed by atoms with Gasteiger partial charge in [-0.25, -0.2) is 0 Å². The molecule has 7 heteroatoms. The van der Waals surface area contributed by atoms with Gasteiger partial charge in [0.1, 0.15) is 0 Å². The van der Waals surface area contributed by atoms with Crippen molar-refractivity contribution in [3.63, 3.8) is 0 Å². The Balaban J connectivity index is 1.14. The SMILES string of the molecule is O=C(NC(CCN1CCC2(CC1)CCN(Cc1ccc(Br)cc1)C2=O)c1ccccn1)C1CCC1. The maximum atomic E-state index is 13.4. The van der Waals surface area contributed by atoms with Crippen LogP contribution in [0.3, 0.4) is 0 Å². The highest BCUT2D eigenvalue weighted by Gasteiger charge is 2.47. The van der Waals surface area contributed by atoms with Crippen LogP contribution < -0.4 is 5.32 Å². The molecule has 3 heterocycles. The van der Waals surface area contributed by atoms with Crippen LogP contribution in [0.25, 0.3) is 0 Å². The predicted molar refractivity (Wildman–Crippen MR) is 139 cm³/mol. The largest absolute Gasteiger partial charge is 0.347 e. The molecular weight excluding hydrogens is 504 g/mol. The molecule has 35 heavy (non-hydrogen) atoms. The number of nitrogens with zero attached hydrogens (tertiary/aromatic N) is 3. The van der Waals surface area contributed by atoms with Gasteiger partial charge in [-0.2, -0.15) is 0 Å². The minimum absolute atomic E-state index is 0.0605. The van der Waals surface area contributed by atoms with Crippen LogP contribution in [0.4, 0.5) is 0 Å². The van der Waals surface area contributed by atoms with E-state index in [0.29, 0.717) is 12.5 Å². The molecule has 1 aromatic heterocycles. The topological polar surface area (TPSA) is 65.5 Å². The highest BCUT2D eigenvalue weighted by Crippen LogP contribution is 2.42. The maximum Gasteiger partial charge on any atom is 0.229 e. The van der Waals surface area contributed by atoms with E-state index in [1.54, 1.807) is 6.20 Å². The molecule has 0 radical (unpaired) electrons. The van der Waals surface area contributed by atoms with E-state index < -0.39 is 0 Å². The Labute approximate surface area is 216 Å². The third kappa shape index (κ3) is 5.61. The minimum Gasteiger partial charge on any atom is -0.347 e. The van der Waals surface area contributed by atoms with Crippen molar-refractivity contribution in [3.05, 3.63) is 64.4 Å². The molecule has 1 atom stereocenters. The summed E-state index contributed by atoms with van der Waals surface area (Å²) >= 11 is 3.48. The van der Waals surface area contributed by atoms with Gasteiger partial charge in [-0.1, -0.05) is 40.5 Å². The summed E-state index contributed by atoms with van der Waals surface area (Å²) in [5.74, 6) is 0.677. The van der Waals surface area contributed by atoms with Crippen LogP contribution in [0.5, 0.6) is 0 Å². The lowest BCUT2D eigenvalue weighted by molar-refractivity contribution is -0.139. The van der Waals surface area contributed by atoms with Gasteiger partial charge in [0, 0.05) is 36.2 Å². The molecule has 2 saturated heterocycles. The van der Waals surface area contributed by atoms with Crippen LogP contribution in [0.1, 0.15) is 62.2 Å². The normalized spacial score (nSPS) is 21.2. The average Bonchev–Trinajstić information content (AvgIpc) is 3.13. The first-order chi connectivity index (χ1) is 17.0. The molecule has 1 spiro atoms. The van der Waals surface area contributed by atoms with Crippen LogP contribution in [-0.2, 0) is 16.1 Å². The zero-order valence-corrected chi connectivity index (χ0v) is 21.9.